The summed E-state index contributed by atoms with van der Waals surface area (Å²) < 4.78 is 149. The van der Waals surface area contributed by atoms with E-state index in [9.17, 15) is 51.9 Å². The average molecular weight is 969 g/mol. The van der Waals surface area contributed by atoms with Crippen LogP contribution in [0.2, 0.25) is 0 Å². The summed E-state index contributed by atoms with van der Waals surface area (Å²) >= 11 is 0. The zero-order valence-corrected chi connectivity index (χ0v) is 46.0. The topological polar surface area (TPSA) is 314 Å². The van der Waals surface area contributed by atoms with Gasteiger partial charge in [-0.3, -0.25) is 60.7 Å². The van der Waals surface area contributed by atoms with E-state index in [1.807, 2.05) is 0 Å². The van der Waals surface area contributed by atoms with Gasteiger partial charge in [0.25, 0.3) is 40.5 Å². The normalized spacial score (nSPS) is 47.7. The van der Waals surface area contributed by atoms with Crippen LogP contribution in [0.15, 0.2) is 0 Å². The predicted molar refractivity (Wildman–Crippen MR) is 205 cm³/mol. The van der Waals surface area contributed by atoms with Crippen molar-refractivity contribution in [2.45, 2.75) is 147 Å². The van der Waals surface area contributed by atoms with Crippen molar-refractivity contribution >= 4 is 40.5 Å². The summed E-state index contributed by atoms with van der Waals surface area (Å²) in [5.74, 6) is -2.57. The third-order valence-electron chi connectivity index (χ3n) is 15.4. The van der Waals surface area contributed by atoms with Gasteiger partial charge < -0.3 is 5.71 Å². The first kappa shape index (κ1) is 54.3. The van der Waals surface area contributed by atoms with Crippen molar-refractivity contribution in [2.24, 2.45) is 47.3 Å². The summed E-state index contributed by atoms with van der Waals surface area (Å²) in [7, 11) is -23.0. The van der Waals surface area contributed by atoms with Gasteiger partial charge in [-0.05, 0) is 74.0 Å². The Morgan fingerprint density at radius 1 is 0.300 bits per heavy atom. The molecule has 20 nitrogen and oxygen atoms in total. The molecule has 5 heterocycles. The first-order chi connectivity index (χ1) is 26.3. The molecular weight excluding hydrogens is 909 g/mol. The largest absolute Gasteiger partial charge is 1.00 e. The van der Waals surface area contributed by atoms with Gasteiger partial charge in [0.15, 0.2) is 0 Å². The van der Waals surface area contributed by atoms with Gasteiger partial charge in [-0.15, -0.1) is 0 Å². The molecule has 0 aromatic rings. The van der Waals surface area contributed by atoms with Crippen LogP contribution in [0, 0.1) is 47.3 Å². The fourth-order valence-electron chi connectivity index (χ4n) is 13.4. The second-order valence-corrected chi connectivity index (χ2v) is 24.4. The van der Waals surface area contributed by atoms with Gasteiger partial charge in [0.1, 0.15) is 21.0 Å². The van der Waals surface area contributed by atoms with Gasteiger partial charge in [-0.25, -0.2) is 0 Å². The van der Waals surface area contributed by atoms with Gasteiger partial charge in [-0.1, -0.05) is 38.5 Å². The first-order valence-corrected chi connectivity index (χ1v) is 26.3. The Kier molecular flexibility index (Phi) is 18.4. The Hall–Kier alpha value is 3.32. The Morgan fingerprint density at radius 3 is 0.650 bits per heavy atom. The van der Waals surface area contributed by atoms with Crippen molar-refractivity contribution in [3.8, 4) is 0 Å². The molecule has 60 heavy (non-hydrogen) atoms. The van der Waals surface area contributed by atoms with Crippen molar-refractivity contribution in [1.29, 1.82) is 0 Å². The van der Waals surface area contributed by atoms with Crippen molar-refractivity contribution < 1.29 is 176 Å². The molecule has 28 heteroatoms. The molecule has 20 atom stereocenters. The Bertz CT molecular complexity index is 1890. The number of hydrogen-bond acceptors (Lipinski definition) is 16. The van der Waals surface area contributed by atoms with E-state index < -0.39 is 98.0 Å². The van der Waals surface area contributed by atoms with Crippen LogP contribution in [0.3, 0.4) is 0 Å². The number of hydrogen-bond donors (Lipinski definition) is 12. The molecule has 5 saturated heterocycles. The summed E-state index contributed by atoms with van der Waals surface area (Å²) in [6.45, 7) is 0. The average Bonchev–Trinajstić information content (AvgIpc) is 3.84. The van der Waals surface area contributed by atoms with Gasteiger partial charge in [0.05, 0.1) is 49.3 Å². The van der Waals surface area contributed by atoms with E-state index >= 15 is 0 Å². The minimum Gasteiger partial charge on any atom is -1.00 e. The maximum absolute atomic E-state index is 13.4. The standard InChI is InChI=1S/C32H56N8O12S4.4Na.4H/c41-53(42,43)21-19-20(22(54(44,45)46)24(56(50,51)52)23(21)55(47,48)49)32-39-30-18-12-6-4-10-16(18)28(37-30)35-26-14-8-2-1-7-13(14)25(33-26)34-27-15-9-3-5-11-17(15)29(36-27)38-31(19)40-32;;;;;;;;/h13-40H,1-12H2,(H,41,42,43)(H,44,45,46)(H,47,48,49)(H,50,51,52);;;;;;;;/q;4*+1;4*-1. The molecule has 5 aliphatic heterocycles. The smallest absolute Gasteiger partial charge is 1.00 e. The molecule has 20 unspecified atom stereocenters. The summed E-state index contributed by atoms with van der Waals surface area (Å²) in [6.07, 6.45) is 7.44. The number of fused-ring (bicyclic) bond motifs is 20. The van der Waals surface area contributed by atoms with Crippen LogP contribution in [0.1, 0.15) is 82.8 Å². The molecule has 8 bridgehead atoms. The van der Waals surface area contributed by atoms with Crippen LogP contribution >= 0.6 is 0 Å². The minimum absolute atomic E-state index is 0. The van der Waals surface area contributed by atoms with E-state index in [-0.39, 0.29) is 172 Å². The first-order valence-electron chi connectivity index (χ1n) is 20.2. The third-order valence-corrected chi connectivity index (χ3v) is 21.0. The summed E-state index contributed by atoms with van der Waals surface area (Å²) in [6, 6.07) is 0. The Morgan fingerprint density at radius 2 is 0.467 bits per heavy atom. The van der Waals surface area contributed by atoms with Crippen LogP contribution in [0.5, 0.6) is 0 Å². The predicted octanol–water partition coefficient (Wildman–Crippen LogP) is -13.5. The van der Waals surface area contributed by atoms with Crippen molar-refractivity contribution in [2.75, 3.05) is 0 Å². The minimum atomic E-state index is -5.87. The van der Waals surface area contributed by atoms with Crippen LogP contribution < -0.4 is 161 Å². The zero-order valence-electron chi connectivity index (χ0n) is 38.7. The summed E-state index contributed by atoms with van der Waals surface area (Å²) in [4.78, 5) is 0. The molecule has 9 aliphatic rings. The van der Waals surface area contributed by atoms with Gasteiger partial charge in [0.2, 0.25) is 0 Å². The van der Waals surface area contributed by atoms with Crippen LogP contribution in [-0.2, 0) is 40.5 Å². The van der Waals surface area contributed by atoms with Crippen molar-refractivity contribution in [3.05, 3.63) is 0 Å². The van der Waals surface area contributed by atoms with Crippen LogP contribution in [0.4, 0.5) is 0 Å². The maximum Gasteiger partial charge on any atom is 1.00 e. The molecule has 0 radical (unpaired) electrons. The molecule has 328 valence electrons. The van der Waals surface area contributed by atoms with Crippen molar-refractivity contribution in [3.63, 3.8) is 0 Å². The monoisotopic (exact) mass is 968 g/mol. The SMILES string of the molecule is O=S(=O)(O)C1C2C3NC4NC(NC5NC(NC6NC(NC(N3)C2C(S(=O)(=O)O)C(S(=O)(=O)O)C1S(=O)(=O)O)C1CCCCC61)C1CCCCC51)C1CCCCC41.[H-].[H-].[H-].[H-].[Na+].[Na+].[Na+].[Na+]. The molecular formula is C32H60N8Na4O12S4. The fraction of sp³-hybridized carbons (Fsp3) is 1.00. The fourth-order valence-corrected chi connectivity index (χ4v) is 20.7. The Labute approximate surface area is 448 Å². The van der Waals surface area contributed by atoms with Crippen molar-refractivity contribution in [1.82, 2.24) is 42.5 Å². The molecule has 9 rings (SSSR count). The molecule has 4 aliphatic carbocycles. The van der Waals surface area contributed by atoms with E-state index in [2.05, 4.69) is 42.5 Å². The van der Waals surface area contributed by atoms with Gasteiger partial charge in [-0.2, -0.15) is 33.7 Å². The molecule has 0 aromatic carbocycles. The van der Waals surface area contributed by atoms with E-state index in [4.69, 9.17) is 0 Å². The van der Waals surface area contributed by atoms with Gasteiger partial charge >= 0.3 is 118 Å². The van der Waals surface area contributed by atoms with E-state index in [1.165, 1.54) is 0 Å². The van der Waals surface area contributed by atoms with Gasteiger partial charge in [0, 0.05) is 11.8 Å². The summed E-state index contributed by atoms with van der Waals surface area (Å²) in [5, 5.41) is 17.7. The molecule has 4 saturated carbocycles. The second-order valence-electron chi connectivity index (χ2n) is 18.1. The van der Waals surface area contributed by atoms with E-state index in [1.54, 1.807) is 0 Å². The molecule has 12 N–H and O–H groups in total. The van der Waals surface area contributed by atoms with E-state index in [0.29, 0.717) is 11.8 Å². The maximum atomic E-state index is 13.4. The second kappa shape index (κ2) is 20.3. The Balaban J connectivity index is 0.00000256. The number of rotatable bonds is 4. The molecule has 0 aromatic heterocycles. The molecule has 9 fully saturated rings. The van der Waals surface area contributed by atoms with Crippen LogP contribution in [0.25, 0.3) is 0 Å². The molecule has 0 spiro atoms. The molecule has 0 amide bonds. The number of nitrogens with one attached hydrogen (secondary N) is 8. The zero-order chi connectivity index (χ0) is 39.7. The summed E-state index contributed by atoms with van der Waals surface area (Å²) in [5.41, 5.74) is 0. The van der Waals surface area contributed by atoms with Crippen LogP contribution in [-0.4, -0.2) is 122 Å². The quantitative estimate of drug-likeness (QED) is 0.0920. The van der Waals surface area contributed by atoms with E-state index in [0.717, 1.165) is 77.0 Å². The third kappa shape index (κ3) is 10.1.